The maximum Gasteiger partial charge on any atom is 0.255 e. The largest absolute Gasteiger partial charge is 0.322 e. The third-order valence-electron chi connectivity index (χ3n) is 4.57. The molecule has 0 aliphatic rings. The van der Waals surface area contributed by atoms with Gasteiger partial charge in [0.25, 0.3) is 11.8 Å². The van der Waals surface area contributed by atoms with Crippen LogP contribution >= 0.6 is 23.2 Å². The van der Waals surface area contributed by atoms with Gasteiger partial charge in [0.2, 0.25) is 0 Å². The highest BCUT2D eigenvalue weighted by atomic mass is 35.5. The Bertz CT molecular complexity index is 1090. The molecule has 0 heterocycles. The fraction of sp³-hybridized carbons (Fsp3) is 0.167. The number of hydrogen-bond donors (Lipinski definition) is 2. The molecule has 3 aromatic rings. The molecular weight excluding hydrogens is 419 g/mol. The van der Waals surface area contributed by atoms with Gasteiger partial charge < -0.3 is 10.6 Å². The number of hydrogen-bond acceptors (Lipinski definition) is 2. The molecule has 0 aromatic heterocycles. The normalized spacial score (nSPS) is 11.1. The van der Waals surface area contributed by atoms with Crippen molar-refractivity contribution in [1.29, 1.82) is 0 Å². The zero-order valence-corrected chi connectivity index (χ0v) is 18.4. The third kappa shape index (κ3) is 5.41. The predicted molar refractivity (Wildman–Crippen MR) is 124 cm³/mol. The number of anilines is 2. The third-order valence-corrected chi connectivity index (χ3v) is 5.31. The van der Waals surface area contributed by atoms with Gasteiger partial charge in [-0.25, -0.2) is 0 Å². The lowest BCUT2D eigenvalue weighted by Crippen LogP contribution is -2.15. The number of halogens is 2. The summed E-state index contributed by atoms with van der Waals surface area (Å²) in [5.41, 5.74) is 3.26. The fourth-order valence-corrected chi connectivity index (χ4v) is 3.14. The van der Waals surface area contributed by atoms with Gasteiger partial charge >= 0.3 is 0 Å². The molecule has 154 valence electrons. The van der Waals surface area contributed by atoms with Gasteiger partial charge in [-0.1, -0.05) is 62.2 Å². The zero-order chi connectivity index (χ0) is 21.9. The Morgan fingerprint density at radius 3 is 1.77 bits per heavy atom. The van der Waals surface area contributed by atoms with Gasteiger partial charge in [0, 0.05) is 22.5 Å². The van der Waals surface area contributed by atoms with E-state index in [0.717, 1.165) is 5.56 Å². The molecule has 0 aliphatic heterocycles. The minimum Gasteiger partial charge on any atom is -0.322 e. The van der Waals surface area contributed by atoms with Crippen LogP contribution in [0.3, 0.4) is 0 Å². The Morgan fingerprint density at radius 1 is 0.700 bits per heavy atom. The van der Waals surface area contributed by atoms with Crippen molar-refractivity contribution in [2.45, 2.75) is 26.2 Å². The highest BCUT2D eigenvalue weighted by Gasteiger charge is 2.15. The van der Waals surface area contributed by atoms with Crippen LogP contribution in [0.2, 0.25) is 10.0 Å². The first-order chi connectivity index (χ1) is 14.1. The summed E-state index contributed by atoms with van der Waals surface area (Å²) >= 11 is 11.9. The smallest absolute Gasteiger partial charge is 0.255 e. The summed E-state index contributed by atoms with van der Waals surface area (Å²) in [6, 6.07) is 19.2. The fourth-order valence-electron chi connectivity index (χ4n) is 2.84. The van der Waals surface area contributed by atoms with Gasteiger partial charge in [-0.3, -0.25) is 9.59 Å². The first-order valence-corrected chi connectivity index (χ1v) is 10.2. The van der Waals surface area contributed by atoms with Gasteiger partial charge in [0.15, 0.2) is 0 Å². The van der Waals surface area contributed by atoms with Crippen LogP contribution in [-0.4, -0.2) is 11.8 Å². The van der Waals surface area contributed by atoms with Crippen molar-refractivity contribution in [2.75, 3.05) is 10.6 Å². The molecule has 0 unspecified atom stereocenters. The monoisotopic (exact) mass is 440 g/mol. The van der Waals surface area contributed by atoms with Gasteiger partial charge in [0.1, 0.15) is 0 Å². The molecule has 0 spiro atoms. The zero-order valence-electron chi connectivity index (χ0n) is 16.9. The number of amides is 2. The molecule has 30 heavy (non-hydrogen) atoms. The summed E-state index contributed by atoms with van der Waals surface area (Å²) in [5.74, 6) is -0.543. The van der Waals surface area contributed by atoms with Gasteiger partial charge in [-0.15, -0.1) is 0 Å². The van der Waals surface area contributed by atoms with E-state index < -0.39 is 0 Å². The van der Waals surface area contributed by atoms with E-state index in [0.29, 0.717) is 32.5 Å². The van der Waals surface area contributed by atoms with E-state index in [-0.39, 0.29) is 17.2 Å². The lowest BCUT2D eigenvalue weighted by molar-refractivity contribution is 0.101. The average Bonchev–Trinajstić information content (AvgIpc) is 2.69. The predicted octanol–water partition coefficient (Wildman–Crippen LogP) is 6.80. The lowest BCUT2D eigenvalue weighted by atomic mass is 9.87. The summed E-state index contributed by atoms with van der Waals surface area (Å²) in [7, 11) is 0. The summed E-state index contributed by atoms with van der Waals surface area (Å²) in [4.78, 5) is 25.0. The van der Waals surface area contributed by atoms with Crippen molar-refractivity contribution in [3.8, 4) is 0 Å². The number of rotatable bonds is 4. The van der Waals surface area contributed by atoms with Crippen molar-refractivity contribution in [3.63, 3.8) is 0 Å². The molecule has 2 amide bonds. The molecule has 4 nitrogen and oxygen atoms in total. The van der Waals surface area contributed by atoms with Crippen LogP contribution in [0.15, 0.2) is 66.7 Å². The van der Waals surface area contributed by atoms with Gasteiger partial charge in [0.05, 0.1) is 10.0 Å². The Labute approximate surface area is 186 Å². The first-order valence-electron chi connectivity index (χ1n) is 9.42. The number of carbonyl (C=O) groups is 2. The van der Waals surface area contributed by atoms with Crippen LogP contribution in [0.25, 0.3) is 0 Å². The van der Waals surface area contributed by atoms with E-state index in [1.54, 1.807) is 36.4 Å². The van der Waals surface area contributed by atoms with Crippen molar-refractivity contribution >= 4 is 46.4 Å². The number of carbonyl (C=O) groups excluding carboxylic acids is 2. The minimum atomic E-state index is -0.324. The van der Waals surface area contributed by atoms with E-state index in [4.69, 9.17) is 23.2 Å². The molecular formula is C24H22Cl2N2O2. The standard InChI is InChI=1S/C24H22Cl2N2O2/c1-24(2,3)17-10-7-15(8-11-17)22(29)27-18-5-4-6-19(14-18)28-23(30)16-9-12-20(25)21(26)13-16/h4-14H,1-3H3,(H,27,29)(H,28,30). The molecule has 6 heteroatoms. The maximum atomic E-state index is 12.6. The van der Waals surface area contributed by atoms with Crippen LogP contribution in [0.5, 0.6) is 0 Å². The van der Waals surface area contributed by atoms with Crippen molar-refractivity contribution < 1.29 is 9.59 Å². The molecule has 0 saturated heterocycles. The minimum absolute atomic E-state index is 0.0237. The molecule has 0 fully saturated rings. The van der Waals surface area contributed by atoms with Crippen LogP contribution in [0.1, 0.15) is 47.1 Å². The second kappa shape index (κ2) is 8.90. The van der Waals surface area contributed by atoms with Gasteiger partial charge in [-0.05, 0) is 59.5 Å². The van der Waals surface area contributed by atoms with E-state index in [9.17, 15) is 9.59 Å². The van der Waals surface area contributed by atoms with E-state index in [1.165, 1.54) is 6.07 Å². The molecule has 0 saturated carbocycles. The highest BCUT2D eigenvalue weighted by molar-refractivity contribution is 6.42. The van der Waals surface area contributed by atoms with E-state index in [1.807, 2.05) is 24.3 Å². The van der Waals surface area contributed by atoms with Crippen molar-refractivity contribution in [2.24, 2.45) is 0 Å². The van der Waals surface area contributed by atoms with Crippen LogP contribution in [0.4, 0.5) is 11.4 Å². The Hall–Kier alpha value is -2.82. The second-order valence-corrected chi connectivity index (χ2v) is 8.76. The molecule has 0 atom stereocenters. The molecule has 0 aliphatic carbocycles. The summed E-state index contributed by atoms with van der Waals surface area (Å²) < 4.78 is 0. The SMILES string of the molecule is CC(C)(C)c1ccc(C(=O)Nc2cccc(NC(=O)c3ccc(Cl)c(Cl)c3)c2)cc1. The van der Waals surface area contributed by atoms with Crippen LogP contribution in [-0.2, 0) is 5.41 Å². The molecule has 3 aromatic carbocycles. The average molecular weight is 441 g/mol. The summed E-state index contributed by atoms with van der Waals surface area (Å²) in [6.07, 6.45) is 0. The first kappa shape index (κ1) is 21.9. The molecule has 3 rings (SSSR count). The molecule has 2 N–H and O–H groups in total. The Kier molecular flexibility index (Phi) is 6.49. The quantitative estimate of drug-likeness (QED) is 0.468. The topological polar surface area (TPSA) is 58.2 Å². The van der Waals surface area contributed by atoms with Crippen molar-refractivity contribution in [1.82, 2.24) is 0 Å². The van der Waals surface area contributed by atoms with E-state index in [2.05, 4.69) is 31.4 Å². The number of benzene rings is 3. The molecule has 0 bridgehead atoms. The van der Waals surface area contributed by atoms with E-state index >= 15 is 0 Å². The molecule has 0 radical (unpaired) electrons. The Balaban J connectivity index is 1.69. The van der Waals surface area contributed by atoms with Crippen molar-refractivity contribution in [3.05, 3.63) is 93.5 Å². The van der Waals surface area contributed by atoms with Gasteiger partial charge in [-0.2, -0.15) is 0 Å². The maximum absolute atomic E-state index is 12.6. The summed E-state index contributed by atoms with van der Waals surface area (Å²) in [6.45, 7) is 6.37. The number of nitrogens with one attached hydrogen (secondary N) is 2. The lowest BCUT2D eigenvalue weighted by Gasteiger charge is -2.19. The Morgan fingerprint density at radius 2 is 1.23 bits per heavy atom. The highest BCUT2D eigenvalue weighted by Crippen LogP contribution is 2.24. The second-order valence-electron chi connectivity index (χ2n) is 7.95. The van der Waals surface area contributed by atoms with Crippen LogP contribution in [0, 0.1) is 0 Å². The summed E-state index contributed by atoms with van der Waals surface area (Å²) in [5, 5.41) is 6.34. The van der Waals surface area contributed by atoms with Crippen LogP contribution < -0.4 is 10.6 Å².